The molecule has 0 saturated heterocycles. The van der Waals surface area contributed by atoms with Gasteiger partial charge in [-0.1, -0.05) is 68.2 Å². The Morgan fingerprint density at radius 3 is 2.58 bits per heavy atom. The average molecular weight is 417 g/mol. The molecule has 1 N–H and O–H groups in total. The molecule has 0 unspecified atom stereocenters. The van der Waals surface area contributed by atoms with Crippen LogP contribution in [0.4, 0.5) is 5.69 Å². The lowest BCUT2D eigenvalue weighted by Crippen LogP contribution is -2.14. The Bertz CT molecular complexity index is 1070. The zero-order valence-corrected chi connectivity index (χ0v) is 18.7. The summed E-state index contributed by atoms with van der Waals surface area (Å²) < 4.78 is 1.96. The first-order chi connectivity index (χ1) is 15.1. The smallest absolute Gasteiger partial charge is 0.224 e. The molecule has 1 fully saturated rings. The lowest BCUT2D eigenvalue weighted by Gasteiger charge is -2.25. The summed E-state index contributed by atoms with van der Waals surface area (Å²) in [7, 11) is 0. The highest BCUT2D eigenvalue weighted by Gasteiger charge is 2.24. The van der Waals surface area contributed by atoms with E-state index in [4.69, 9.17) is 4.98 Å². The topological polar surface area (TPSA) is 59.3 Å². The Labute approximate surface area is 184 Å². The van der Waals surface area contributed by atoms with E-state index < -0.39 is 0 Å². The van der Waals surface area contributed by atoms with Crippen molar-refractivity contribution in [3.05, 3.63) is 60.1 Å². The van der Waals surface area contributed by atoms with Crippen molar-refractivity contribution in [1.82, 2.24) is 14.6 Å². The first-order valence-corrected chi connectivity index (χ1v) is 11.5. The quantitative estimate of drug-likeness (QED) is 0.451. The standard InChI is InChI=1S/C26H32N4O/c1-4-18(2)12-15-24(31)29-23-17-28-30-25(21-8-6-5-7-9-21)22(16-27-26(23)30)20-13-10-19(3)11-14-20/h10-11,13-14,16-17,21H,2,4-9,12,15H2,1,3H3,(H,29,31). The highest BCUT2D eigenvalue weighted by molar-refractivity contribution is 5.94. The molecule has 5 nitrogen and oxygen atoms in total. The van der Waals surface area contributed by atoms with E-state index in [0.29, 0.717) is 24.4 Å². The Balaban J connectivity index is 1.70. The first-order valence-electron chi connectivity index (χ1n) is 11.5. The lowest BCUT2D eigenvalue weighted by molar-refractivity contribution is -0.116. The molecule has 0 radical (unpaired) electrons. The fourth-order valence-corrected chi connectivity index (χ4v) is 4.44. The zero-order valence-electron chi connectivity index (χ0n) is 18.7. The summed E-state index contributed by atoms with van der Waals surface area (Å²) >= 11 is 0. The Morgan fingerprint density at radius 2 is 1.87 bits per heavy atom. The third kappa shape index (κ3) is 4.71. The summed E-state index contributed by atoms with van der Waals surface area (Å²) in [6.45, 7) is 8.16. The summed E-state index contributed by atoms with van der Waals surface area (Å²) in [5.74, 6) is 0.431. The molecule has 0 atom stereocenters. The summed E-state index contributed by atoms with van der Waals surface area (Å²) in [6.07, 6.45) is 11.9. The maximum absolute atomic E-state index is 12.5. The molecule has 2 aromatic heterocycles. The number of carbonyl (C=O) groups is 1. The molecule has 2 heterocycles. The lowest BCUT2D eigenvalue weighted by atomic mass is 9.84. The molecule has 1 aromatic carbocycles. The van der Waals surface area contributed by atoms with Gasteiger partial charge < -0.3 is 5.32 Å². The SMILES string of the molecule is C=C(CC)CCC(=O)Nc1cnn2c(C3CCCCC3)c(-c3ccc(C)cc3)cnc12. The number of benzene rings is 1. The van der Waals surface area contributed by atoms with Crippen LogP contribution in [-0.4, -0.2) is 20.5 Å². The number of carbonyl (C=O) groups excluding carboxylic acids is 1. The maximum atomic E-state index is 12.5. The van der Waals surface area contributed by atoms with Gasteiger partial charge in [0.1, 0.15) is 5.69 Å². The minimum Gasteiger partial charge on any atom is -0.322 e. The molecule has 1 aliphatic carbocycles. The number of allylic oxidation sites excluding steroid dienone is 1. The third-order valence-corrected chi connectivity index (χ3v) is 6.40. The Hall–Kier alpha value is -2.95. The fourth-order valence-electron chi connectivity index (χ4n) is 4.44. The monoisotopic (exact) mass is 416 g/mol. The summed E-state index contributed by atoms with van der Waals surface area (Å²) in [5.41, 5.74) is 7.26. The first kappa shape index (κ1) is 21.3. The summed E-state index contributed by atoms with van der Waals surface area (Å²) in [4.78, 5) is 17.2. The van der Waals surface area contributed by atoms with Crippen molar-refractivity contribution in [2.45, 2.75) is 71.1 Å². The maximum Gasteiger partial charge on any atom is 0.224 e. The molecule has 0 aliphatic heterocycles. The van der Waals surface area contributed by atoms with Crippen LogP contribution < -0.4 is 5.32 Å². The second kappa shape index (κ2) is 9.46. The highest BCUT2D eigenvalue weighted by Crippen LogP contribution is 2.38. The van der Waals surface area contributed by atoms with E-state index in [0.717, 1.165) is 23.2 Å². The molecular weight excluding hydrogens is 384 g/mol. The molecule has 4 rings (SSSR count). The number of rotatable bonds is 7. The van der Waals surface area contributed by atoms with Gasteiger partial charge in [-0.25, -0.2) is 9.50 Å². The molecule has 0 bridgehead atoms. The van der Waals surface area contributed by atoms with Crippen molar-refractivity contribution in [2.24, 2.45) is 0 Å². The van der Waals surface area contributed by atoms with Crippen LogP contribution in [0.25, 0.3) is 16.8 Å². The van der Waals surface area contributed by atoms with E-state index in [9.17, 15) is 4.79 Å². The normalized spacial score (nSPS) is 14.6. The van der Waals surface area contributed by atoms with Gasteiger partial charge in [0.2, 0.25) is 5.91 Å². The van der Waals surface area contributed by atoms with Crippen LogP contribution in [0.15, 0.2) is 48.8 Å². The Morgan fingerprint density at radius 1 is 1.13 bits per heavy atom. The van der Waals surface area contributed by atoms with Crippen molar-refractivity contribution in [1.29, 1.82) is 0 Å². The zero-order chi connectivity index (χ0) is 21.8. The number of hydrogen-bond acceptors (Lipinski definition) is 3. The highest BCUT2D eigenvalue weighted by atomic mass is 16.1. The predicted octanol–water partition coefficient (Wildman–Crippen LogP) is 6.44. The largest absolute Gasteiger partial charge is 0.322 e. The number of amides is 1. The number of nitrogens with one attached hydrogen (secondary N) is 1. The van der Waals surface area contributed by atoms with Crippen LogP contribution in [0.2, 0.25) is 0 Å². The minimum absolute atomic E-state index is 0.0203. The summed E-state index contributed by atoms with van der Waals surface area (Å²) in [6, 6.07) is 8.61. The Kier molecular flexibility index (Phi) is 6.50. The molecule has 162 valence electrons. The van der Waals surface area contributed by atoms with E-state index >= 15 is 0 Å². The molecule has 1 saturated carbocycles. The van der Waals surface area contributed by atoms with Crippen LogP contribution >= 0.6 is 0 Å². The summed E-state index contributed by atoms with van der Waals surface area (Å²) in [5, 5.41) is 7.70. The number of hydrogen-bond donors (Lipinski definition) is 1. The average Bonchev–Trinajstić information content (AvgIpc) is 3.20. The number of aryl methyl sites for hydroxylation is 1. The van der Waals surface area contributed by atoms with Gasteiger partial charge in [-0.15, -0.1) is 0 Å². The number of anilines is 1. The molecule has 1 amide bonds. The van der Waals surface area contributed by atoms with Crippen LogP contribution in [0, 0.1) is 6.92 Å². The molecule has 0 spiro atoms. The van der Waals surface area contributed by atoms with Gasteiger partial charge in [0.25, 0.3) is 0 Å². The van der Waals surface area contributed by atoms with Gasteiger partial charge in [0, 0.05) is 24.1 Å². The molecule has 3 aromatic rings. The van der Waals surface area contributed by atoms with E-state index in [1.165, 1.54) is 48.9 Å². The molecule has 5 heteroatoms. The van der Waals surface area contributed by atoms with Crippen LogP contribution in [-0.2, 0) is 4.79 Å². The number of nitrogens with zero attached hydrogens (tertiary/aromatic N) is 3. The second-order valence-electron chi connectivity index (χ2n) is 8.70. The number of aromatic nitrogens is 3. The van der Waals surface area contributed by atoms with E-state index in [1.807, 2.05) is 10.7 Å². The van der Waals surface area contributed by atoms with Crippen LogP contribution in [0.5, 0.6) is 0 Å². The minimum atomic E-state index is -0.0203. The van der Waals surface area contributed by atoms with Crippen molar-refractivity contribution in [3.63, 3.8) is 0 Å². The van der Waals surface area contributed by atoms with Gasteiger partial charge in [0.15, 0.2) is 5.65 Å². The van der Waals surface area contributed by atoms with E-state index in [-0.39, 0.29) is 5.91 Å². The van der Waals surface area contributed by atoms with Gasteiger partial charge in [-0.3, -0.25) is 4.79 Å². The second-order valence-corrected chi connectivity index (χ2v) is 8.70. The van der Waals surface area contributed by atoms with E-state index in [2.05, 4.69) is 55.1 Å². The molecule has 31 heavy (non-hydrogen) atoms. The van der Waals surface area contributed by atoms with Gasteiger partial charge in [-0.2, -0.15) is 5.10 Å². The van der Waals surface area contributed by atoms with Crippen molar-refractivity contribution >= 4 is 17.2 Å². The molecule has 1 aliphatic rings. The third-order valence-electron chi connectivity index (χ3n) is 6.40. The van der Waals surface area contributed by atoms with E-state index in [1.54, 1.807) is 6.20 Å². The van der Waals surface area contributed by atoms with Crippen molar-refractivity contribution < 1.29 is 4.79 Å². The van der Waals surface area contributed by atoms with Crippen molar-refractivity contribution in [2.75, 3.05) is 5.32 Å². The van der Waals surface area contributed by atoms with Gasteiger partial charge in [0.05, 0.1) is 11.9 Å². The van der Waals surface area contributed by atoms with Crippen LogP contribution in [0.1, 0.15) is 75.5 Å². The van der Waals surface area contributed by atoms with Crippen molar-refractivity contribution in [3.8, 4) is 11.1 Å². The fraction of sp³-hybridized carbons (Fsp3) is 0.423. The molecular formula is C26H32N4O. The number of fused-ring (bicyclic) bond motifs is 1. The predicted molar refractivity (Wildman–Crippen MR) is 126 cm³/mol. The van der Waals surface area contributed by atoms with Gasteiger partial charge >= 0.3 is 0 Å². The van der Waals surface area contributed by atoms with Gasteiger partial charge in [-0.05, 0) is 38.2 Å². The van der Waals surface area contributed by atoms with Crippen LogP contribution in [0.3, 0.4) is 0 Å².